The standard InChI is InChI=1S/C5H8N2O2S2/c1-6-5(8)9-7-4-2-10-3-11-4/h2-3H2,1H3,(H,6,8). The van der Waals surface area contributed by atoms with Crippen LogP contribution in [0, 0.1) is 0 Å². The summed E-state index contributed by atoms with van der Waals surface area (Å²) in [6, 6.07) is 0. The van der Waals surface area contributed by atoms with Crippen molar-refractivity contribution in [3.63, 3.8) is 0 Å². The number of carbonyl (C=O) groups is 1. The minimum absolute atomic E-state index is 0.519. The molecule has 11 heavy (non-hydrogen) atoms. The highest BCUT2D eigenvalue weighted by Crippen LogP contribution is 2.24. The van der Waals surface area contributed by atoms with Crippen LogP contribution < -0.4 is 5.32 Å². The summed E-state index contributed by atoms with van der Waals surface area (Å²) in [5.41, 5.74) is 0. The minimum Gasteiger partial charge on any atom is -0.323 e. The third-order valence-electron chi connectivity index (χ3n) is 0.969. The molecule has 4 nitrogen and oxygen atoms in total. The van der Waals surface area contributed by atoms with Crippen LogP contribution in [-0.2, 0) is 4.84 Å². The lowest BCUT2D eigenvalue weighted by atomic mass is 10.9. The largest absolute Gasteiger partial charge is 0.433 e. The Hall–Kier alpha value is -0.360. The average molecular weight is 192 g/mol. The van der Waals surface area contributed by atoms with E-state index < -0.39 is 6.09 Å². The van der Waals surface area contributed by atoms with E-state index >= 15 is 0 Å². The molecule has 1 heterocycles. The van der Waals surface area contributed by atoms with Gasteiger partial charge in [0, 0.05) is 17.9 Å². The lowest BCUT2D eigenvalue weighted by molar-refractivity contribution is 0.153. The van der Waals surface area contributed by atoms with Crippen molar-refractivity contribution in [1.82, 2.24) is 5.32 Å². The zero-order valence-corrected chi connectivity index (χ0v) is 7.63. The molecule has 0 radical (unpaired) electrons. The van der Waals surface area contributed by atoms with E-state index in [1.807, 2.05) is 0 Å². The van der Waals surface area contributed by atoms with Gasteiger partial charge in [0.15, 0.2) is 0 Å². The number of amides is 1. The van der Waals surface area contributed by atoms with Gasteiger partial charge >= 0.3 is 6.09 Å². The summed E-state index contributed by atoms with van der Waals surface area (Å²) in [4.78, 5) is 15.0. The molecule has 1 rings (SSSR count). The van der Waals surface area contributed by atoms with Gasteiger partial charge in [-0.1, -0.05) is 16.9 Å². The van der Waals surface area contributed by atoms with E-state index in [0.29, 0.717) is 0 Å². The van der Waals surface area contributed by atoms with Gasteiger partial charge in [-0.25, -0.2) is 4.79 Å². The molecule has 62 valence electrons. The van der Waals surface area contributed by atoms with Crippen LogP contribution in [0.2, 0.25) is 0 Å². The van der Waals surface area contributed by atoms with E-state index in [1.165, 1.54) is 7.05 Å². The first-order valence-electron chi connectivity index (χ1n) is 2.99. The van der Waals surface area contributed by atoms with E-state index in [4.69, 9.17) is 0 Å². The quantitative estimate of drug-likeness (QED) is 0.499. The van der Waals surface area contributed by atoms with Crippen molar-refractivity contribution >= 4 is 34.7 Å². The van der Waals surface area contributed by atoms with Gasteiger partial charge in [0.05, 0.1) is 0 Å². The molecule has 0 aromatic carbocycles. The summed E-state index contributed by atoms with van der Waals surface area (Å²) in [6.07, 6.45) is -0.519. The zero-order chi connectivity index (χ0) is 8.10. The third kappa shape index (κ3) is 3.02. The van der Waals surface area contributed by atoms with Crippen LogP contribution in [0.4, 0.5) is 4.79 Å². The van der Waals surface area contributed by atoms with E-state index in [0.717, 1.165) is 15.9 Å². The predicted octanol–water partition coefficient (Wildman–Crippen LogP) is 1.09. The zero-order valence-electron chi connectivity index (χ0n) is 5.99. The van der Waals surface area contributed by atoms with Crippen LogP contribution >= 0.6 is 23.5 Å². The van der Waals surface area contributed by atoms with Gasteiger partial charge < -0.3 is 5.32 Å². The number of rotatable bonds is 1. The maximum Gasteiger partial charge on any atom is 0.433 e. The Morgan fingerprint density at radius 3 is 3.18 bits per heavy atom. The summed E-state index contributed by atoms with van der Waals surface area (Å²) in [5, 5.41) is 7.81. The van der Waals surface area contributed by atoms with Crippen molar-refractivity contribution < 1.29 is 9.63 Å². The summed E-state index contributed by atoms with van der Waals surface area (Å²) in [7, 11) is 1.50. The van der Waals surface area contributed by atoms with Gasteiger partial charge in [0.1, 0.15) is 5.04 Å². The molecule has 0 spiro atoms. The fourth-order valence-corrected chi connectivity index (χ4v) is 2.58. The van der Waals surface area contributed by atoms with Crippen LogP contribution in [-0.4, -0.2) is 29.0 Å². The second-order valence-corrected chi connectivity index (χ2v) is 4.12. The Morgan fingerprint density at radius 1 is 1.82 bits per heavy atom. The number of hydrogen-bond donors (Lipinski definition) is 1. The summed E-state index contributed by atoms with van der Waals surface area (Å²) >= 11 is 3.36. The van der Waals surface area contributed by atoms with Crippen LogP contribution in [0.25, 0.3) is 0 Å². The van der Waals surface area contributed by atoms with Gasteiger partial charge in [0.25, 0.3) is 0 Å². The molecule has 1 N–H and O–H groups in total. The molecule has 1 aliphatic heterocycles. The molecular formula is C5H8N2O2S2. The van der Waals surface area contributed by atoms with Gasteiger partial charge in [-0.3, -0.25) is 4.84 Å². The fourth-order valence-electron chi connectivity index (χ4n) is 0.471. The van der Waals surface area contributed by atoms with Crippen molar-refractivity contribution in [3.8, 4) is 0 Å². The average Bonchev–Trinajstić information content (AvgIpc) is 2.52. The molecule has 0 aromatic heterocycles. The fraction of sp³-hybridized carbons (Fsp3) is 0.600. The maximum atomic E-state index is 10.5. The topological polar surface area (TPSA) is 50.7 Å². The molecule has 0 aliphatic carbocycles. The molecule has 0 unspecified atom stereocenters. The normalized spacial score (nSPS) is 20.3. The van der Waals surface area contributed by atoms with E-state index in [9.17, 15) is 4.79 Å². The first kappa shape index (κ1) is 8.73. The number of thioether (sulfide) groups is 2. The second kappa shape index (κ2) is 4.50. The van der Waals surface area contributed by atoms with Crippen molar-refractivity contribution in [1.29, 1.82) is 0 Å². The second-order valence-electron chi connectivity index (χ2n) is 1.72. The predicted molar refractivity (Wildman–Crippen MR) is 47.9 cm³/mol. The molecule has 1 aliphatic rings. The molecule has 1 amide bonds. The Balaban J connectivity index is 2.28. The molecule has 1 fully saturated rings. The van der Waals surface area contributed by atoms with E-state index in [-0.39, 0.29) is 0 Å². The highest BCUT2D eigenvalue weighted by atomic mass is 32.2. The Kier molecular flexibility index (Phi) is 3.58. The van der Waals surface area contributed by atoms with Gasteiger partial charge in [-0.15, -0.1) is 11.8 Å². The smallest absolute Gasteiger partial charge is 0.323 e. The van der Waals surface area contributed by atoms with Crippen LogP contribution in [0.3, 0.4) is 0 Å². The van der Waals surface area contributed by atoms with Crippen LogP contribution in [0.5, 0.6) is 0 Å². The summed E-state index contributed by atoms with van der Waals surface area (Å²) in [6.45, 7) is 0. The first-order chi connectivity index (χ1) is 5.33. The lowest BCUT2D eigenvalue weighted by Crippen LogP contribution is -2.17. The Bertz CT molecular complexity index is 175. The van der Waals surface area contributed by atoms with Crippen molar-refractivity contribution in [2.45, 2.75) is 0 Å². The number of carbonyl (C=O) groups excluding carboxylic acids is 1. The molecule has 6 heteroatoms. The van der Waals surface area contributed by atoms with Crippen molar-refractivity contribution in [3.05, 3.63) is 0 Å². The number of nitrogens with one attached hydrogen (secondary N) is 1. The number of nitrogens with zero attached hydrogens (tertiary/aromatic N) is 1. The number of hydrogen-bond acceptors (Lipinski definition) is 5. The third-order valence-corrected chi connectivity index (χ3v) is 3.32. The maximum absolute atomic E-state index is 10.5. The first-order valence-corrected chi connectivity index (χ1v) is 5.13. The lowest BCUT2D eigenvalue weighted by Gasteiger charge is -1.94. The molecule has 1 saturated heterocycles. The van der Waals surface area contributed by atoms with Crippen LogP contribution in [0.1, 0.15) is 0 Å². The van der Waals surface area contributed by atoms with Crippen LogP contribution in [0.15, 0.2) is 5.16 Å². The SMILES string of the molecule is CNC(=O)ON=C1CSCS1. The number of oxime groups is 1. The Morgan fingerprint density at radius 2 is 2.64 bits per heavy atom. The molecule has 0 aromatic rings. The van der Waals surface area contributed by atoms with Gasteiger partial charge in [-0.05, 0) is 0 Å². The van der Waals surface area contributed by atoms with Gasteiger partial charge in [-0.2, -0.15) is 0 Å². The minimum atomic E-state index is -0.519. The monoisotopic (exact) mass is 192 g/mol. The van der Waals surface area contributed by atoms with E-state index in [1.54, 1.807) is 23.5 Å². The summed E-state index contributed by atoms with van der Waals surface area (Å²) < 4.78 is 0. The van der Waals surface area contributed by atoms with Gasteiger partial charge in [0.2, 0.25) is 0 Å². The molecular weight excluding hydrogens is 184 g/mol. The highest BCUT2D eigenvalue weighted by molar-refractivity contribution is 8.29. The van der Waals surface area contributed by atoms with Crippen molar-refractivity contribution in [2.75, 3.05) is 17.9 Å². The summed E-state index contributed by atoms with van der Waals surface area (Å²) in [5.74, 6) is 0.849. The highest BCUT2D eigenvalue weighted by Gasteiger charge is 2.10. The van der Waals surface area contributed by atoms with Crippen molar-refractivity contribution in [2.24, 2.45) is 5.16 Å². The Labute approximate surface area is 73.1 Å². The molecule has 0 atom stereocenters. The molecule has 0 saturated carbocycles. The van der Waals surface area contributed by atoms with E-state index in [2.05, 4.69) is 15.3 Å². The molecule has 0 bridgehead atoms.